The first-order chi connectivity index (χ1) is 12.2. The highest BCUT2D eigenvalue weighted by molar-refractivity contribution is 5.96. The molecule has 1 saturated heterocycles. The number of carbonyl (C=O) groups excluding carboxylic acids is 1. The van der Waals surface area contributed by atoms with Crippen molar-refractivity contribution in [3.8, 4) is 5.88 Å². The highest BCUT2D eigenvalue weighted by Gasteiger charge is 2.27. The van der Waals surface area contributed by atoms with Crippen LogP contribution in [0.4, 0.5) is 0 Å². The van der Waals surface area contributed by atoms with Gasteiger partial charge in [-0.25, -0.2) is 4.98 Å². The molecule has 1 aromatic carbocycles. The largest absolute Gasteiger partial charge is 0.480 e. The van der Waals surface area contributed by atoms with Crippen LogP contribution in [0.3, 0.4) is 0 Å². The van der Waals surface area contributed by atoms with Gasteiger partial charge in [-0.05, 0) is 31.0 Å². The van der Waals surface area contributed by atoms with E-state index in [1.165, 1.54) is 5.56 Å². The van der Waals surface area contributed by atoms with Crippen LogP contribution in [0.25, 0.3) is 0 Å². The summed E-state index contributed by atoms with van der Waals surface area (Å²) in [6.07, 6.45) is 2.60. The Labute approximate surface area is 149 Å². The van der Waals surface area contributed by atoms with Gasteiger partial charge >= 0.3 is 0 Å². The molecule has 2 aromatic rings. The molecular weight excluding hydrogens is 314 g/mol. The van der Waals surface area contributed by atoms with E-state index in [-0.39, 0.29) is 11.9 Å². The van der Waals surface area contributed by atoms with Gasteiger partial charge in [0.15, 0.2) is 0 Å². The Morgan fingerprint density at radius 3 is 2.72 bits per heavy atom. The molecule has 2 heterocycles. The molecule has 25 heavy (non-hydrogen) atoms. The molecule has 0 saturated carbocycles. The summed E-state index contributed by atoms with van der Waals surface area (Å²) in [5.41, 5.74) is 1.84. The standard InChI is InChI=1S/C20H25N3O2/c1-16-10-12-22(15-17-7-4-3-5-8-17)13-14-23(16)20(24)18-9-6-11-21-19(18)25-2/h3-9,11,16H,10,12-15H2,1-2H3. The molecule has 132 valence electrons. The number of aromatic nitrogens is 1. The van der Waals surface area contributed by atoms with Crippen LogP contribution < -0.4 is 4.74 Å². The lowest BCUT2D eigenvalue weighted by molar-refractivity contribution is 0.0696. The van der Waals surface area contributed by atoms with E-state index < -0.39 is 0 Å². The van der Waals surface area contributed by atoms with Crippen molar-refractivity contribution in [2.24, 2.45) is 0 Å². The SMILES string of the molecule is COc1ncccc1C(=O)N1CCN(Cc2ccccc2)CCC1C. The maximum absolute atomic E-state index is 13.0. The molecule has 0 bridgehead atoms. The first-order valence-corrected chi connectivity index (χ1v) is 8.75. The van der Waals surface area contributed by atoms with Crippen molar-refractivity contribution in [1.29, 1.82) is 0 Å². The Morgan fingerprint density at radius 2 is 1.96 bits per heavy atom. The summed E-state index contributed by atoms with van der Waals surface area (Å²) < 4.78 is 5.25. The van der Waals surface area contributed by atoms with Crippen molar-refractivity contribution >= 4 is 5.91 Å². The van der Waals surface area contributed by atoms with Gasteiger partial charge in [0.25, 0.3) is 5.91 Å². The summed E-state index contributed by atoms with van der Waals surface area (Å²) in [6, 6.07) is 14.2. The minimum atomic E-state index is -0.000916. The quantitative estimate of drug-likeness (QED) is 0.859. The molecule has 1 unspecified atom stereocenters. The number of amides is 1. The van der Waals surface area contributed by atoms with Crippen LogP contribution in [0.2, 0.25) is 0 Å². The minimum absolute atomic E-state index is 0.000916. The van der Waals surface area contributed by atoms with Gasteiger partial charge in [-0.1, -0.05) is 30.3 Å². The number of hydrogen-bond acceptors (Lipinski definition) is 4. The van der Waals surface area contributed by atoms with E-state index in [0.29, 0.717) is 18.0 Å². The van der Waals surface area contributed by atoms with Gasteiger partial charge in [0.2, 0.25) is 5.88 Å². The summed E-state index contributed by atoms with van der Waals surface area (Å²) in [5, 5.41) is 0. The van der Waals surface area contributed by atoms with Crippen molar-refractivity contribution in [3.05, 3.63) is 59.8 Å². The fourth-order valence-electron chi connectivity index (χ4n) is 3.28. The third-order valence-corrected chi connectivity index (χ3v) is 4.76. The molecule has 0 spiro atoms. The number of ether oxygens (including phenoxy) is 1. The van der Waals surface area contributed by atoms with Crippen LogP contribution in [-0.4, -0.2) is 53.5 Å². The Hall–Kier alpha value is -2.40. The van der Waals surface area contributed by atoms with Gasteiger partial charge in [-0.2, -0.15) is 0 Å². The van der Waals surface area contributed by atoms with Crippen molar-refractivity contribution in [3.63, 3.8) is 0 Å². The van der Waals surface area contributed by atoms with Gasteiger partial charge in [0.1, 0.15) is 5.56 Å². The predicted molar refractivity (Wildman–Crippen MR) is 97.6 cm³/mol. The zero-order valence-corrected chi connectivity index (χ0v) is 14.9. The van der Waals surface area contributed by atoms with Crippen molar-refractivity contribution < 1.29 is 9.53 Å². The summed E-state index contributed by atoms with van der Waals surface area (Å²) in [7, 11) is 1.55. The molecule has 3 rings (SSSR count). The topological polar surface area (TPSA) is 45.7 Å². The number of hydrogen-bond donors (Lipinski definition) is 0. The molecule has 0 aliphatic carbocycles. The summed E-state index contributed by atoms with van der Waals surface area (Å²) in [5.74, 6) is 0.393. The molecule has 1 amide bonds. The third-order valence-electron chi connectivity index (χ3n) is 4.76. The first-order valence-electron chi connectivity index (χ1n) is 8.75. The van der Waals surface area contributed by atoms with Gasteiger partial charge in [-0.15, -0.1) is 0 Å². The predicted octanol–water partition coefficient (Wildman–Crippen LogP) is 2.83. The Balaban J connectivity index is 1.70. The number of methoxy groups -OCH3 is 1. The number of nitrogens with zero attached hydrogens (tertiary/aromatic N) is 3. The fourth-order valence-corrected chi connectivity index (χ4v) is 3.28. The number of pyridine rings is 1. The van der Waals surface area contributed by atoms with Crippen LogP contribution in [0.5, 0.6) is 5.88 Å². The van der Waals surface area contributed by atoms with E-state index in [1.54, 1.807) is 25.4 Å². The second-order valence-corrected chi connectivity index (χ2v) is 6.46. The molecule has 1 aromatic heterocycles. The lowest BCUT2D eigenvalue weighted by atomic mass is 10.1. The fraction of sp³-hybridized carbons (Fsp3) is 0.400. The summed E-state index contributed by atoms with van der Waals surface area (Å²) >= 11 is 0. The van der Waals surface area contributed by atoms with Crippen LogP contribution in [0, 0.1) is 0 Å². The van der Waals surface area contributed by atoms with Gasteiger partial charge in [-0.3, -0.25) is 9.69 Å². The number of rotatable bonds is 4. The molecule has 0 radical (unpaired) electrons. The Morgan fingerprint density at radius 1 is 1.16 bits per heavy atom. The second kappa shape index (κ2) is 8.12. The van der Waals surface area contributed by atoms with Crippen molar-refractivity contribution in [1.82, 2.24) is 14.8 Å². The van der Waals surface area contributed by atoms with E-state index in [2.05, 4.69) is 41.1 Å². The van der Waals surface area contributed by atoms with Crippen LogP contribution >= 0.6 is 0 Å². The third kappa shape index (κ3) is 4.17. The first kappa shape index (κ1) is 17.4. The molecule has 1 atom stereocenters. The van der Waals surface area contributed by atoms with Crippen LogP contribution in [0.15, 0.2) is 48.7 Å². The molecule has 0 N–H and O–H groups in total. The highest BCUT2D eigenvalue weighted by atomic mass is 16.5. The van der Waals surface area contributed by atoms with Crippen LogP contribution in [0.1, 0.15) is 29.3 Å². The molecular formula is C20H25N3O2. The Bertz CT molecular complexity index is 705. The highest BCUT2D eigenvalue weighted by Crippen LogP contribution is 2.20. The average molecular weight is 339 g/mol. The maximum Gasteiger partial charge on any atom is 0.259 e. The van der Waals surface area contributed by atoms with E-state index in [1.807, 2.05) is 11.0 Å². The average Bonchev–Trinajstić information content (AvgIpc) is 2.84. The van der Waals surface area contributed by atoms with Gasteiger partial charge in [0.05, 0.1) is 7.11 Å². The molecule has 5 nitrogen and oxygen atoms in total. The van der Waals surface area contributed by atoms with E-state index in [9.17, 15) is 4.79 Å². The molecule has 5 heteroatoms. The lowest BCUT2D eigenvalue weighted by Gasteiger charge is -2.27. The zero-order chi connectivity index (χ0) is 17.6. The molecule has 1 aliphatic rings. The summed E-state index contributed by atoms with van der Waals surface area (Å²) in [6.45, 7) is 5.61. The van der Waals surface area contributed by atoms with Crippen molar-refractivity contribution in [2.75, 3.05) is 26.7 Å². The van der Waals surface area contributed by atoms with Gasteiger partial charge in [0, 0.05) is 38.4 Å². The second-order valence-electron chi connectivity index (χ2n) is 6.46. The number of carbonyl (C=O) groups is 1. The van der Waals surface area contributed by atoms with Crippen LogP contribution in [-0.2, 0) is 6.54 Å². The Kier molecular flexibility index (Phi) is 5.66. The van der Waals surface area contributed by atoms with Crippen molar-refractivity contribution in [2.45, 2.75) is 25.9 Å². The monoisotopic (exact) mass is 339 g/mol. The maximum atomic E-state index is 13.0. The van der Waals surface area contributed by atoms with E-state index in [4.69, 9.17) is 4.74 Å². The van der Waals surface area contributed by atoms with E-state index >= 15 is 0 Å². The van der Waals surface area contributed by atoms with E-state index in [0.717, 1.165) is 26.1 Å². The summed E-state index contributed by atoms with van der Waals surface area (Å²) in [4.78, 5) is 21.5. The minimum Gasteiger partial charge on any atom is -0.480 e. The normalized spacial score (nSPS) is 18.6. The van der Waals surface area contributed by atoms with Gasteiger partial charge < -0.3 is 9.64 Å². The zero-order valence-electron chi connectivity index (χ0n) is 14.9. The molecule has 1 fully saturated rings. The lowest BCUT2D eigenvalue weighted by Crippen LogP contribution is -2.40. The smallest absolute Gasteiger partial charge is 0.259 e. The number of benzene rings is 1. The molecule has 1 aliphatic heterocycles.